The van der Waals surface area contributed by atoms with Gasteiger partial charge in [-0.1, -0.05) is 18.2 Å². The van der Waals surface area contributed by atoms with E-state index in [1.165, 1.54) is 0 Å². The molecule has 1 aliphatic heterocycles. The van der Waals surface area contributed by atoms with Crippen LogP contribution >= 0.6 is 0 Å². The van der Waals surface area contributed by atoms with Crippen molar-refractivity contribution in [3.63, 3.8) is 0 Å². The highest BCUT2D eigenvalue weighted by atomic mass is 16.6. The molecule has 22 heavy (non-hydrogen) atoms. The molecule has 0 spiro atoms. The number of fused-ring (bicyclic) bond motifs is 1. The number of nitrogens with one attached hydrogen (secondary N) is 1. The normalized spacial score (nSPS) is 13.6. The minimum absolute atomic E-state index is 0.0714. The molecule has 112 valence electrons. The van der Waals surface area contributed by atoms with Crippen LogP contribution in [-0.2, 0) is 0 Å². The van der Waals surface area contributed by atoms with Crippen LogP contribution in [0, 0.1) is 0 Å². The zero-order valence-corrected chi connectivity index (χ0v) is 12.3. The first-order valence-corrected chi connectivity index (χ1v) is 7.17. The van der Waals surface area contributed by atoms with E-state index in [0.29, 0.717) is 30.3 Å². The number of ketones is 1. The standard InChI is InChI=1S/C18H17NO3/c1-13(19-15-5-3-2-4-6-15)11-16(20)14-7-8-17-18(12-14)22-10-9-21-17/h2-8,11-12,19H,9-10H2,1H3/b13-11+. The van der Waals surface area contributed by atoms with E-state index in [0.717, 1.165) is 11.4 Å². The first kappa shape index (κ1) is 14.2. The zero-order chi connectivity index (χ0) is 15.4. The van der Waals surface area contributed by atoms with Crippen molar-refractivity contribution in [2.75, 3.05) is 18.5 Å². The Morgan fingerprint density at radius 1 is 1.05 bits per heavy atom. The van der Waals surface area contributed by atoms with Crippen molar-refractivity contribution in [2.45, 2.75) is 6.92 Å². The molecule has 0 radical (unpaired) electrons. The Balaban J connectivity index is 1.74. The fraction of sp³-hybridized carbons (Fsp3) is 0.167. The van der Waals surface area contributed by atoms with Gasteiger partial charge >= 0.3 is 0 Å². The van der Waals surface area contributed by atoms with Gasteiger partial charge in [0, 0.05) is 23.0 Å². The molecule has 0 aliphatic carbocycles. The van der Waals surface area contributed by atoms with Crippen LogP contribution in [0.2, 0.25) is 0 Å². The molecule has 4 heteroatoms. The molecule has 1 heterocycles. The van der Waals surface area contributed by atoms with Gasteiger partial charge in [0.05, 0.1) is 0 Å². The summed E-state index contributed by atoms with van der Waals surface area (Å²) in [6.45, 7) is 2.91. The third-order valence-electron chi connectivity index (χ3n) is 3.29. The molecule has 0 amide bonds. The third kappa shape index (κ3) is 3.28. The van der Waals surface area contributed by atoms with Gasteiger partial charge in [0.15, 0.2) is 17.3 Å². The summed E-state index contributed by atoms with van der Waals surface area (Å²) >= 11 is 0. The molecule has 0 aromatic heterocycles. The summed E-state index contributed by atoms with van der Waals surface area (Å²) in [6.07, 6.45) is 1.58. The molecule has 1 N–H and O–H groups in total. The van der Waals surface area contributed by atoms with E-state index in [-0.39, 0.29) is 5.78 Å². The molecule has 1 aliphatic rings. The smallest absolute Gasteiger partial charge is 0.187 e. The van der Waals surface area contributed by atoms with Crippen molar-refractivity contribution in [1.29, 1.82) is 0 Å². The number of benzene rings is 2. The lowest BCUT2D eigenvalue weighted by Gasteiger charge is -2.18. The minimum atomic E-state index is -0.0714. The molecular formula is C18H17NO3. The van der Waals surface area contributed by atoms with Gasteiger partial charge in [-0.25, -0.2) is 0 Å². The van der Waals surface area contributed by atoms with E-state index in [2.05, 4.69) is 5.32 Å². The molecule has 2 aromatic rings. The van der Waals surface area contributed by atoms with Gasteiger partial charge in [-0.2, -0.15) is 0 Å². The Kier molecular flexibility index (Phi) is 4.10. The maximum Gasteiger partial charge on any atom is 0.187 e. The van der Waals surface area contributed by atoms with E-state index in [4.69, 9.17) is 9.47 Å². The van der Waals surface area contributed by atoms with E-state index >= 15 is 0 Å². The van der Waals surface area contributed by atoms with Crippen LogP contribution in [-0.4, -0.2) is 19.0 Å². The second-order valence-corrected chi connectivity index (χ2v) is 5.04. The van der Waals surface area contributed by atoms with Crippen molar-refractivity contribution in [1.82, 2.24) is 0 Å². The molecule has 3 rings (SSSR count). The van der Waals surface area contributed by atoms with Crippen LogP contribution in [0.5, 0.6) is 11.5 Å². The molecule has 0 saturated carbocycles. The first-order valence-electron chi connectivity index (χ1n) is 7.17. The molecule has 0 saturated heterocycles. The Hall–Kier alpha value is -2.75. The number of ether oxygens (including phenoxy) is 2. The van der Waals surface area contributed by atoms with Crippen molar-refractivity contribution in [3.05, 3.63) is 65.9 Å². The highest BCUT2D eigenvalue weighted by Gasteiger charge is 2.14. The molecule has 0 bridgehead atoms. The van der Waals surface area contributed by atoms with Crippen LogP contribution < -0.4 is 14.8 Å². The summed E-state index contributed by atoms with van der Waals surface area (Å²) in [5.74, 6) is 1.24. The SMILES string of the molecule is C/C(=C\C(=O)c1ccc2c(c1)OCCO2)Nc1ccccc1. The number of carbonyl (C=O) groups excluding carboxylic acids is 1. The molecule has 2 aromatic carbocycles. The zero-order valence-electron chi connectivity index (χ0n) is 12.3. The first-order chi connectivity index (χ1) is 10.7. The van der Waals surface area contributed by atoms with E-state index in [1.807, 2.05) is 37.3 Å². The second-order valence-electron chi connectivity index (χ2n) is 5.04. The number of hydrogen-bond donors (Lipinski definition) is 1. The Bertz CT molecular complexity index is 708. The number of anilines is 1. The quantitative estimate of drug-likeness (QED) is 0.691. The minimum Gasteiger partial charge on any atom is -0.486 e. The summed E-state index contributed by atoms with van der Waals surface area (Å²) in [6, 6.07) is 15.0. The van der Waals surface area contributed by atoms with Gasteiger partial charge in [-0.05, 0) is 37.3 Å². The summed E-state index contributed by atoms with van der Waals surface area (Å²) in [4.78, 5) is 12.3. The Morgan fingerprint density at radius 3 is 2.55 bits per heavy atom. The molecule has 0 unspecified atom stereocenters. The van der Waals surface area contributed by atoms with Crippen LogP contribution in [0.15, 0.2) is 60.3 Å². The largest absolute Gasteiger partial charge is 0.486 e. The number of hydrogen-bond acceptors (Lipinski definition) is 4. The fourth-order valence-corrected chi connectivity index (χ4v) is 2.26. The number of rotatable bonds is 4. The topological polar surface area (TPSA) is 47.6 Å². The molecule has 0 fully saturated rings. The Labute approximate surface area is 129 Å². The summed E-state index contributed by atoms with van der Waals surface area (Å²) in [5, 5.41) is 3.19. The summed E-state index contributed by atoms with van der Waals surface area (Å²) < 4.78 is 11.0. The van der Waals surface area contributed by atoms with Crippen LogP contribution in [0.1, 0.15) is 17.3 Å². The maximum absolute atomic E-state index is 12.3. The van der Waals surface area contributed by atoms with Crippen LogP contribution in [0.25, 0.3) is 0 Å². The van der Waals surface area contributed by atoms with E-state index < -0.39 is 0 Å². The van der Waals surface area contributed by atoms with Crippen LogP contribution in [0.4, 0.5) is 5.69 Å². The lowest BCUT2D eigenvalue weighted by molar-refractivity contribution is 0.104. The van der Waals surface area contributed by atoms with E-state index in [9.17, 15) is 4.79 Å². The van der Waals surface area contributed by atoms with E-state index in [1.54, 1.807) is 24.3 Å². The predicted molar refractivity (Wildman–Crippen MR) is 85.6 cm³/mol. The fourth-order valence-electron chi connectivity index (χ4n) is 2.26. The number of allylic oxidation sites excluding steroid dienone is 2. The average Bonchev–Trinajstić information content (AvgIpc) is 2.55. The van der Waals surface area contributed by atoms with Gasteiger partial charge < -0.3 is 14.8 Å². The van der Waals surface area contributed by atoms with Crippen molar-refractivity contribution < 1.29 is 14.3 Å². The monoisotopic (exact) mass is 295 g/mol. The molecule has 4 nitrogen and oxygen atoms in total. The highest BCUT2D eigenvalue weighted by Crippen LogP contribution is 2.31. The Morgan fingerprint density at radius 2 is 1.77 bits per heavy atom. The average molecular weight is 295 g/mol. The number of carbonyl (C=O) groups is 1. The highest BCUT2D eigenvalue weighted by molar-refractivity contribution is 6.05. The summed E-state index contributed by atoms with van der Waals surface area (Å²) in [7, 11) is 0. The van der Waals surface area contributed by atoms with Gasteiger partial charge in [0.1, 0.15) is 13.2 Å². The molecular weight excluding hydrogens is 278 g/mol. The third-order valence-corrected chi connectivity index (χ3v) is 3.29. The molecule has 0 atom stereocenters. The maximum atomic E-state index is 12.3. The van der Waals surface area contributed by atoms with Gasteiger partial charge in [-0.3, -0.25) is 4.79 Å². The van der Waals surface area contributed by atoms with Crippen molar-refractivity contribution >= 4 is 11.5 Å². The number of para-hydroxylation sites is 1. The lowest BCUT2D eigenvalue weighted by Crippen LogP contribution is -2.15. The van der Waals surface area contributed by atoms with Crippen molar-refractivity contribution in [3.8, 4) is 11.5 Å². The van der Waals surface area contributed by atoms with Crippen LogP contribution in [0.3, 0.4) is 0 Å². The lowest BCUT2D eigenvalue weighted by atomic mass is 10.1. The second kappa shape index (κ2) is 6.35. The van der Waals surface area contributed by atoms with Crippen molar-refractivity contribution in [2.24, 2.45) is 0 Å². The van der Waals surface area contributed by atoms with Gasteiger partial charge in [0.2, 0.25) is 0 Å². The summed E-state index contributed by atoms with van der Waals surface area (Å²) in [5.41, 5.74) is 2.32. The van der Waals surface area contributed by atoms with Gasteiger partial charge in [0.25, 0.3) is 0 Å². The van der Waals surface area contributed by atoms with Gasteiger partial charge in [-0.15, -0.1) is 0 Å². The predicted octanol–water partition coefficient (Wildman–Crippen LogP) is 3.66.